The number of hydrogen-bond donors (Lipinski definition) is 1. The molecule has 1 amide bonds. The number of amides is 1. The summed E-state index contributed by atoms with van der Waals surface area (Å²) in [6.45, 7) is 1.89. The van der Waals surface area contributed by atoms with Crippen LogP contribution >= 0.6 is 0 Å². The topological polar surface area (TPSA) is 57.6 Å². The molecule has 5 heteroatoms. The van der Waals surface area contributed by atoms with E-state index < -0.39 is 5.97 Å². The Hall–Kier alpha value is -2.69. The number of nitrogens with zero attached hydrogens (tertiary/aromatic N) is 1. The molecule has 21 heavy (non-hydrogen) atoms. The van der Waals surface area contributed by atoms with Crippen LogP contribution in [-0.4, -0.2) is 17.5 Å². The highest BCUT2D eigenvalue weighted by Crippen LogP contribution is 2.19. The number of carbonyl (C=O) groups excluding carboxylic acids is 1. The van der Waals surface area contributed by atoms with Crippen LogP contribution in [0, 0.1) is 12.7 Å². The van der Waals surface area contributed by atoms with Gasteiger partial charge in [0.1, 0.15) is 5.82 Å². The standard InChI is InChI=1S/C16H14FNO3/c1-11-2-7-14(8-15(11)17)18(10-19)9-12-3-5-13(6-4-12)16(20)21/h2-8,10H,9H2,1H3,(H,20,21). The van der Waals surface area contributed by atoms with E-state index in [1.54, 1.807) is 31.2 Å². The van der Waals surface area contributed by atoms with E-state index in [0.717, 1.165) is 5.56 Å². The summed E-state index contributed by atoms with van der Waals surface area (Å²) < 4.78 is 13.5. The largest absolute Gasteiger partial charge is 0.478 e. The smallest absolute Gasteiger partial charge is 0.335 e. The van der Waals surface area contributed by atoms with E-state index in [1.165, 1.54) is 23.1 Å². The van der Waals surface area contributed by atoms with E-state index in [9.17, 15) is 14.0 Å². The SMILES string of the molecule is Cc1ccc(N(C=O)Cc2ccc(C(=O)O)cc2)cc1F. The number of carboxylic acids is 1. The van der Waals surface area contributed by atoms with Gasteiger partial charge in [-0.25, -0.2) is 9.18 Å². The van der Waals surface area contributed by atoms with Gasteiger partial charge in [-0.2, -0.15) is 0 Å². The van der Waals surface area contributed by atoms with E-state index in [2.05, 4.69) is 0 Å². The summed E-state index contributed by atoms with van der Waals surface area (Å²) in [4.78, 5) is 23.3. The molecule has 0 aliphatic heterocycles. The third-order valence-corrected chi connectivity index (χ3v) is 3.17. The lowest BCUT2D eigenvalue weighted by Crippen LogP contribution is -2.20. The summed E-state index contributed by atoms with van der Waals surface area (Å²) in [6.07, 6.45) is 0.620. The first kappa shape index (κ1) is 14.7. The van der Waals surface area contributed by atoms with E-state index >= 15 is 0 Å². The van der Waals surface area contributed by atoms with Crippen LogP contribution in [0.25, 0.3) is 0 Å². The summed E-state index contributed by atoms with van der Waals surface area (Å²) in [5, 5.41) is 8.83. The summed E-state index contributed by atoms with van der Waals surface area (Å²) >= 11 is 0. The molecule has 2 aromatic rings. The number of aryl methyl sites for hydroxylation is 1. The highest BCUT2D eigenvalue weighted by atomic mass is 19.1. The minimum absolute atomic E-state index is 0.179. The number of hydrogen-bond acceptors (Lipinski definition) is 2. The van der Waals surface area contributed by atoms with Gasteiger partial charge in [-0.3, -0.25) is 4.79 Å². The number of anilines is 1. The molecule has 2 rings (SSSR count). The van der Waals surface area contributed by atoms with Crippen molar-refractivity contribution in [3.8, 4) is 0 Å². The Morgan fingerprint density at radius 1 is 1.24 bits per heavy atom. The normalized spacial score (nSPS) is 10.2. The molecule has 0 fully saturated rings. The molecule has 0 saturated heterocycles. The molecule has 1 N–H and O–H groups in total. The van der Waals surface area contributed by atoms with Gasteiger partial charge >= 0.3 is 5.97 Å². The number of halogens is 1. The monoisotopic (exact) mass is 287 g/mol. The van der Waals surface area contributed by atoms with Crippen LogP contribution in [0.15, 0.2) is 42.5 Å². The molecule has 0 aliphatic rings. The molecular formula is C16H14FNO3. The molecule has 0 aliphatic carbocycles. The van der Waals surface area contributed by atoms with Gasteiger partial charge < -0.3 is 10.0 Å². The van der Waals surface area contributed by atoms with Crippen LogP contribution in [0.3, 0.4) is 0 Å². The second-order valence-electron chi connectivity index (χ2n) is 4.67. The lowest BCUT2D eigenvalue weighted by Gasteiger charge is -2.18. The van der Waals surface area contributed by atoms with Crippen LogP contribution in [0.1, 0.15) is 21.5 Å². The Bertz CT molecular complexity index is 668. The number of benzene rings is 2. The Morgan fingerprint density at radius 3 is 2.43 bits per heavy atom. The molecule has 0 aromatic heterocycles. The second-order valence-corrected chi connectivity index (χ2v) is 4.67. The lowest BCUT2D eigenvalue weighted by atomic mass is 10.1. The van der Waals surface area contributed by atoms with Crippen molar-refractivity contribution in [3.63, 3.8) is 0 Å². The van der Waals surface area contributed by atoms with Crippen molar-refractivity contribution in [2.45, 2.75) is 13.5 Å². The van der Waals surface area contributed by atoms with Crippen molar-refractivity contribution in [3.05, 3.63) is 65.0 Å². The van der Waals surface area contributed by atoms with E-state index in [1.807, 2.05) is 0 Å². The minimum atomic E-state index is -1.01. The number of carboxylic acid groups (broad SMARTS) is 1. The molecule has 4 nitrogen and oxygen atoms in total. The van der Waals surface area contributed by atoms with Gasteiger partial charge in [0.15, 0.2) is 0 Å². The summed E-state index contributed by atoms with van der Waals surface area (Å²) in [7, 11) is 0. The average molecular weight is 287 g/mol. The Balaban J connectivity index is 2.20. The molecule has 108 valence electrons. The summed E-state index contributed by atoms with van der Waals surface area (Å²) in [5.74, 6) is -1.38. The van der Waals surface area contributed by atoms with E-state index in [4.69, 9.17) is 5.11 Å². The first-order valence-corrected chi connectivity index (χ1v) is 6.31. The fourth-order valence-corrected chi connectivity index (χ4v) is 1.90. The first-order valence-electron chi connectivity index (χ1n) is 6.31. The average Bonchev–Trinajstić information content (AvgIpc) is 2.48. The third-order valence-electron chi connectivity index (χ3n) is 3.17. The zero-order chi connectivity index (χ0) is 15.4. The van der Waals surface area contributed by atoms with Crippen molar-refractivity contribution in [2.75, 3.05) is 4.90 Å². The summed E-state index contributed by atoms with van der Waals surface area (Å²) in [5.41, 5.74) is 1.90. The van der Waals surface area contributed by atoms with Crippen LogP contribution < -0.4 is 4.90 Å². The van der Waals surface area contributed by atoms with Gasteiger partial charge in [0, 0.05) is 5.69 Å². The maximum Gasteiger partial charge on any atom is 0.335 e. The Morgan fingerprint density at radius 2 is 1.90 bits per heavy atom. The van der Waals surface area contributed by atoms with Crippen molar-refractivity contribution >= 4 is 18.1 Å². The van der Waals surface area contributed by atoms with Crippen LogP contribution in [0.4, 0.5) is 10.1 Å². The van der Waals surface area contributed by atoms with Crippen molar-refractivity contribution < 1.29 is 19.1 Å². The number of aromatic carboxylic acids is 1. The fraction of sp³-hybridized carbons (Fsp3) is 0.125. The molecule has 0 bridgehead atoms. The lowest BCUT2D eigenvalue weighted by molar-refractivity contribution is -0.107. The Kier molecular flexibility index (Phi) is 4.33. The molecule has 0 unspecified atom stereocenters. The molecule has 2 aromatic carbocycles. The molecule has 0 radical (unpaired) electrons. The fourth-order valence-electron chi connectivity index (χ4n) is 1.90. The highest BCUT2D eigenvalue weighted by molar-refractivity contribution is 5.87. The minimum Gasteiger partial charge on any atom is -0.478 e. The van der Waals surface area contributed by atoms with Crippen LogP contribution in [0.5, 0.6) is 0 Å². The highest BCUT2D eigenvalue weighted by Gasteiger charge is 2.09. The number of rotatable bonds is 5. The molecular weight excluding hydrogens is 273 g/mol. The van der Waals surface area contributed by atoms with Gasteiger partial charge in [0.05, 0.1) is 12.1 Å². The maximum atomic E-state index is 13.5. The van der Waals surface area contributed by atoms with Gasteiger partial charge in [-0.1, -0.05) is 18.2 Å². The predicted molar refractivity (Wildman–Crippen MR) is 76.8 cm³/mol. The quantitative estimate of drug-likeness (QED) is 0.860. The summed E-state index contributed by atoms with van der Waals surface area (Å²) in [6, 6.07) is 10.8. The first-order chi connectivity index (χ1) is 10.0. The number of carbonyl (C=O) groups is 2. The third kappa shape index (κ3) is 3.45. The van der Waals surface area contributed by atoms with Gasteiger partial charge in [0.2, 0.25) is 6.41 Å². The van der Waals surface area contributed by atoms with Gasteiger partial charge in [-0.15, -0.1) is 0 Å². The van der Waals surface area contributed by atoms with Gasteiger partial charge in [0.25, 0.3) is 0 Å². The van der Waals surface area contributed by atoms with E-state index in [0.29, 0.717) is 17.7 Å². The van der Waals surface area contributed by atoms with Crippen molar-refractivity contribution in [2.24, 2.45) is 0 Å². The zero-order valence-corrected chi connectivity index (χ0v) is 11.4. The molecule has 0 heterocycles. The van der Waals surface area contributed by atoms with Crippen LogP contribution in [0.2, 0.25) is 0 Å². The zero-order valence-electron chi connectivity index (χ0n) is 11.4. The maximum absolute atomic E-state index is 13.5. The molecule has 0 saturated carbocycles. The van der Waals surface area contributed by atoms with Gasteiger partial charge in [-0.05, 0) is 42.3 Å². The van der Waals surface area contributed by atoms with E-state index in [-0.39, 0.29) is 17.9 Å². The second kappa shape index (κ2) is 6.17. The molecule has 0 atom stereocenters. The van der Waals surface area contributed by atoms with Crippen molar-refractivity contribution in [1.82, 2.24) is 0 Å². The predicted octanol–water partition coefficient (Wildman–Crippen LogP) is 3.00. The van der Waals surface area contributed by atoms with Crippen molar-refractivity contribution in [1.29, 1.82) is 0 Å². The van der Waals surface area contributed by atoms with Crippen LogP contribution in [-0.2, 0) is 11.3 Å². The Labute approximate surface area is 121 Å². The molecule has 0 spiro atoms.